The number of hydrogen-bond acceptors (Lipinski definition) is 4. The average Bonchev–Trinajstić information content (AvgIpc) is 2.13. The van der Waals surface area contributed by atoms with Crippen molar-refractivity contribution in [2.75, 3.05) is 5.75 Å². The van der Waals surface area contributed by atoms with Crippen LogP contribution in [-0.2, 0) is 19.9 Å². The third-order valence-electron chi connectivity index (χ3n) is 2.80. The first-order chi connectivity index (χ1) is 7.92. The van der Waals surface area contributed by atoms with E-state index in [9.17, 15) is 16.8 Å². The molecule has 0 rings (SSSR count). The molecule has 7 heteroatoms. The molecule has 1 atom stereocenters. The SMILES string of the molecule is C=CCC[C@@H](CCS(=O)(=O)C(C)(C)C)S(N)(=O)=O. The number of rotatable bonds is 7. The first-order valence-electron chi connectivity index (χ1n) is 5.76. The fourth-order valence-corrected chi connectivity index (χ4v) is 3.64. The van der Waals surface area contributed by atoms with Crippen LogP contribution in [-0.4, -0.2) is 32.6 Å². The molecular formula is C11H23NO4S2. The molecule has 0 saturated carbocycles. The molecule has 2 N–H and O–H groups in total. The zero-order valence-electron chi connectivity index (χ0n) is 11.2. The van der Waals surface area contributed by atoms with Crippen molar-refractivity contribution in [3.05, 3.63) is 12.7 Å². The lowest BCUT2D eigenvalue weighted by Crippen LogP contribution is -2.35. The quantitative estimate of drug-likeness (QED) is 0.715. The second kappa shape index (κ2) is 6.16. The van der Waals surface area contributed by atoms with Gasteiger partial charge in [0.05, 0.1) is 15.7 Å². The van der Waals surface area contributed by atoms with Gasteiger partial charge in [-0.2, -0.15) is 0 Å². The van der Waals surface area contributed by atoms with Crippen LogP contribution in [0, 0.1) is 0 Å². The predicted molar refractivity (Wildman–Crippen MR) is 74.5 cm³/mol. The van der Waals surface area contributed by atoms with Gasteiger partial charge in [-0.15, -0.1) is 6.58 Å². The summed E-state index contributed by atoms with van der Waals surface area (Å²) in [6.07, 6.45) is 2.43. The Labute approximate surface area is 110 Å². The third kappa shape index (κ3) is 5.49. The van der Waals surface area contributed by atoms with Crippen molar-refractivity contribution in [3.63, 3.8) is 0 Å². The number of nitrogens with two attached hydrogens (primary N) is 1. The molecule has 0 bridgehead atoms. The molecule has 0 aliphatic carbocycles. The van der Waals surface area contributed by atoms with Crippen LogP contribution in [0.5, 0.6) is 0 Å². The summed E-state index contributed by atoms with van der Waals surface area (Å²) in [5.41, 5.74) is 0. The molecule has 108 valence electrons. The lowest BCUT2D eigenvalue weighted by Gasteiger charge is -2.21. The smallest absolute Gasteiger partial charge is 0.212 e. The van der Waals surface area contributed by atoms with Crippen molar-refractivity contribution in [2.24, 2.45) is 5.14 Å². The molecule has 0 saturated heterocycles. The Balaban J connectivity index is 4.79. The van der Waals surface area contributed by atoms with Crippen LogP contribution in [0.15, 0.2) is 12.7 Å². The van der Waals surface area contributed by atoms with E-state index in [-0.39, 0.29) is 12.2 Å². The standard InChI is InChI=1S/C11H23NO4S2/c1-5-6-7-10(18(12,15)16)8-9-17(13,14)11(2,3)4/h5,10H,1,6-9H2,2-4H3,(H2,12,15,16)/t10-/m0/s1. The normalized spacial score (nSPS) is 15.3. The van der Waals surface area contributed by atoms with Gasteiger partial charge in [0.2, 0.25) is 10.0 Å². The summed E-state index contributed by atoms with van der Waals surface area (Å²) in [6, 6.07) is 0. The molecule has 0 aromatic rings. The summed E-state index contributed by atoms with van der Waals surface area (Å²) in [7, 11) is -7.04. The summed E-state index contributed by atoms with van der Waals surface area (Å²) in [4.78, 5) is 0. The molecular weight excluding hydrogens is 274 g/mol. The zero-order valence-corrected chi connectivity index (χ0v) is 12.9. The van der Waals surface area contributed by atoms with Gasteiger partial charge >= 0.3 is 0 Å². The topological polar surface area (TPSA) is 94.3 Å². The summed E-state index contributed by atoms with van der Waals surface area (Å²) in [5, 5.41) is 4.28. The molecule has 0 spiro atoms. The molecule has 18 heavy (non-hydrogen) atoms. The molecule has 0 fully saturated rings. The number of sulfonamides is 1. The molecule has 0 aromatic heterocycles. The molecule has 5 nitrogen and oxygen atoms in total. The second-order valence-corrected chi connectivity index (χ2v) is 10.0. The van der Waals surface area contributed by atoms with Crippen LogP contribution in [0.3, 0.4) is 0 Å². The molecule has 0 aliphatic rings. The second-order valence-electron chi connectivity index (χ2n) is 5.30. The number of allylic oxidation sites excluding steroid dienone is 1. The van der Waals surface area contributed by atoms with Crippen LogP contribution in [0.2, 0.25) is 0 Å². The van der Waals surface area contributed by atoms with Crippen molar-refractivity contribution < 1.29 is 16.8 Å². The van der Waals surface area contributed by atoms with Gasteiger partial charge in [0.15, 0.2) is 9.84 Å². The summed E-state index contributed by atoms with van der Waals surface area (Å²) < 4.78 is 45.6. The molecule has 0 amide bonds. The van der Waals surface area contributed by atoms with Gasteiger partial charge in [-0.25, -0.2) is 22.0 Å². The van der Waals surface area contributed by atoms with E-state index in [1.807, 2.05) is 0 Å². The number of sulfone groups is 1. The Morgan fingerprint density at radius 3 is 2.00 bits per heavy atom. The van der Waals surface area contributed by atoms with E-state index < -0.39 is 29.9 Å². The number of hydrogen-bond donors (Lipinski definition) is 1. The lowest BCUT2D eigenvalue weighted by molar-refractivity contribution is 0.548. The van der Waals surface area contributed by atoms with Gasteiger partial charge in [0.25, 0.3) is 0 Å². The maximum absolute atomic E-state index is 11.9. The van der Waals surface area contributed by atoms with Gasteiger partial charge < -0.3 is 0 Å². The van der Waals surface area contributed by atoms with E-state index in [2.05, 4.69) is 6.58 Å². The average molecular weight is 297 g/mol. The minimum absolute atomic E-state index is 0.0340. The third-order valence-corrected chi connectivity index (χ3v) is 6.84. The Hall–Kier alpha value is -0.400. The van der Waals surface area contributed by atoms with Crippen molar-refractivity contribution in [1.29, 1.82) is 0 Å². The van der Waals surface area contributed by atoms with E-state index >= 15 is 0 Å². The lowest BCUT2D eigenvalue weighted by atomic mass is 10.2. The molecule has 0 unspecified atom stereocenters. The first-order valence-corrected chi connectivity index (χ1v) is 9.03. The van der Waals surface area contributed by atoms with E-state index in [4.69, 9.17) is 5.14 Å². The maximum Gasteiger partial charge on any atom is 0.212 e. The van der Waals surface area contributed by atoms with Crippen LogP contribution >= 0.6 is 0 Å². The van der Waals surface area contributed by atoms with Crippen molar-refractivity contribution in [2.45, 2.75) is 50.0 Å². The Kier molecular flexibility index (Phi) is 6.03. The molecule has 0 aliphatic heterocycles. The van der Waals surface area contributed by atoms with Crippen LogP contribution in [0.1, 0.15) is 40.0 Å². The minimum Gasteiger partial charge on any atom is -0.228 e. The van der Waals surface area contributed by atoms with Gasteiger partial charge in [0.1, 0.15) is 0 Å². The van der Waals surface area contributed by atoms with Gasteiger partial charge in [-0.1, -0.05) is 6.08 Å². The highest BCUT2D eigenvalue weighted by Gasteiger charge is 2.31. The monoisotopic (exact) mass is 297 g/mol. The highest BCUT2D eigenvalue weighted by Crippen LogP contribution is 2.20. The van der Waals surface area contributed by atoms with Crippen molar-refractivity contribution in [3.8, 4) is 0 Å². The van der Waals surface area contributed by atoms with Crippen molar-refractivity contribution >= 4 is 19.9 Å². The van der Waals surface area contributed by atoms with Gasteiger partial charge in [-0.05, 0) is 40.0 Å². The van der Waals surface area contributed by atoms with Crippen LogP contribution < -0.4 is 5.14 Å². The minimum atomic E-state index is -3.72. The Morgan fingerprint density at radius 1 is 1.17 bits per heavy atom. The summed E-state index contributed by atoms with van der Waals surface area (Å²) in [6.45, 7) is 8.29. The Morgan fingerprint density at radius 2 is 1.67 bits per heavy atom. The fraction of sp³-hybridized carbons (Fsp3) is 0.818. The van der Waals surface area contributed by atoms with Crippen molar-refractivity contribution in [1.82, 2.24) is 0 Å². The van der Waals surface area contributed by atoms with E-state index in [0.717, 1.165) is 0 Å². The van der Waals surface area contributed by atoms with E-state index in [1.165, 1.54) is 0 Å². The Bertz CT molecular complexity index is 472. The highest BCUT2D eigenvalue weighted by molar-refractivity contribution is 7.93. The number of primary sulfonamides is 1. The fourth-order valence-electron chi connectivity index (χ4n) is 1.37. The van der Waals surface area contributed by atoms with Crippen LogP contribution in [0.4, 0.5) is 0 Å². The molecule has 0 aromatic carbocycles. The first kappa shape index (κ1) is 17.6. The predicted octanol–water partition coefficient (Wildman–Crippen LogP) is 1.21. The van der Waals surface area contributed by atoms with Gasteiger partial charge in [0, 0.05) is 0 Å². The van der Waals surface area contributed by atoms with Gasteiger partial charge in [-0.3, -0.25) is 0 Å². The zero-order chi connectivity index (χ0) is 14.6. The maximum atomic E-state index is 11.9. The largest absolute Gasteiger partial charge is 0.228 e. The van der Waals surface area contributed by atoms with E-state index in [1.54, 1.807) is 26.8 Å². The molecule has 0 radical (unpaired) electrons. The summed E-state index contributed by atoms with van der Waals surface area (Å²) >= 11 is 0. The highest BCUT2D eigenvalue weighted by atomic mass is 32.2. The van der Waals surface area contributed by atoms with Crippen LogP contribution in [0.25, 0.3) is 0 Å². The van der Waals surface area contributed by atoms with E-state index in [0.29, 0.717) is 12.8 Å². The summed E-state index contributed by atoms with van der Waals surface area (Å²) in [5.74, 6) is -0.172. The molecule has 0 heterocycles.